The van der Waals surface area contributed by atoms with Crippen molar-refractivity contribution in [3.63, 3.8) is 0 Å². The maximum atomic E-state index is 13.6. The average Bonchev–Trinajstić information content (AvgIpc) is 2.37. The molecule has 0 aliphatic heterocycles. The van der Waals surface area contributed by atoms with Crippen LogP contribution in [-0.4, -0.2) is 0 Å². The summed E-state index contributed by atoms with van der Waals surface area (Å²) < 4.78 is 13.6. The first-order valence-electron chi connectivity index (χ1n) is 6.26. The summed E-state index contributed by atoms with van der Waals surface area (Å²) in [6, 6.07) is 11.1. The van der Waals surface area contributed by atoms with E-state index in [-0.39, 0.29) is 11.9 Å². The van der Waals surface area contributed by atoms with Crippen molar-refractivity contribution in [3.8, 4) is 0 Å². The number of halogens is 2. The van der Waals surface area contributed by atoms with Gasteiger partial charge in [0.05, 0.1) is 10.7 Å². The van der Waals surface area contributed by atoms with Crippen LogP contribution in [0.5, 0.6) is 0 Å². The Labute approximate surface area is 118 Å². The minimum absolute atomic E-state index is 0.00519. The molecule has 2 aromatic rings. The molecule has 0 bridgehead atoms. The summed E-state index contributed by atoms with van der Waals surface area (Å²) in [6.07, 6.45) is 0. The van der Waals surface area contributed by atoms with Gasteiger partial charge in [-0.05, 0) is 55.7 Å². The first-order chi connectivity index (χ1) is 8.97. The zero-order chi connectivity index (χ0) is 14.0. The van der Waals surface area contributed by atoms with E-state index < -0.39 is 0 Å². The zero-order valence-corrected chi connectivity index (χ0v) is 12.1. The number of hydrogen-bond donors (Lipinski definition) is 1. The van der Waals surface area contributed by atoms with Crippen molar-refractivity contribution >= 4 is 17.3 Å². The number of anilines is 1. The largest absolute Gasteiger partial charge is 0.377 e. The second-order valence-corrected chi connectivity index (χ2v) is 5.27. The molecular weight excluding hydrogens is 261 g/mol. The molecule has 0 aliphatic rings. The molecule has 0 heterocycles. The van der Waals surface area contributed by atoms with E-state index in [0.29, 0.717) is 10.6 Å². The first-order valence-corrected chi connectivity index (χ1v) is 6.64. The van der Waals surface area contributed by atoms with Gasteiger partial charge < -0.3 is 5.32 Å². The molecule has 1 unspecified atom stereocenters. The molecule has 2 rings (SSSR count). The summed E-state index contributed by atoms with van der Waals surface area (Å²) >= 11 is 6.15. The molecule has 0 saturated heterocycles. The molecule has 0 aliphatic carbocycles. The highest BCUT2D eigenvalue weighted by Crippen LogP contribution is 2.27. The summed E-state index contributed by atoms with van der Waals surface area (Å²) in [6.45, 7) is 5.76. The van der Waals surface area contributed by atoms with Crippen molar-refractivity contribution in [1.29, 1.82) is 0 Å². The Morgan fingerprint density at radius 1 is 1.11 bits per heavy atom. The monoisotopic (exact) mass is 277 g/mol. The van der Waals surface area contributed by atoms with Crippen LogP contribution >= 0.6 is 11.6 Å². The fourth-order valence-corrected chi connectivity index (χ4v) is 2.12. The quantitative estimate of drug-likeness (QED) is 0.806. The molecule has 0 amide bonds. The average molecular weight is 278 g/mol. The first kappa shape index (κ1) is 13.9. The van der Waals surface area contributed by atoms with Gasteiger partial charge in [0, 0.05) is 6.04 Å². The van der Waals surface area contributed by atoms with E-state index in [2.05, 4.69) is 5.32 Å². The maximum absolute atomic E-state index is 13.6. The van der Waals surface area contributed by atoms with Crippen molar-refractivity contribution < 1.29 is 4.39 Å². The van der Waals surface area contributed by atoms with Gasteiger partial charge in [0.2, 0.25) is 0 Å². The lowest BCUT2D eigenvalue weighted by atomic mass is 10.1. The summed E-state index contributed by atoms with van der Waals surface area (Å²) in [7, 11) is 0. The van der Waals surface area contributed by atoms with Gasteiger partial charge in [0.1, 0.15) is 5.82 Å². The standard InChI is InChI=1S/C16H17ClFN/c1-10-4-7-14(17)16(8-10)19-12(3)13-6-5-11(2)15(18)9-13/h4-9,12,19H,1-3H3. The molecule has 1 nitrogen and oxygen atoms in total. The number of nitrogens with one attached hydrogen (secondary N) is 1. The van der Waals surface area contributed by atoms with Gasteiger partial charge in [0.15, 0.2) is 0 Å². The van der Waals surface area contributed by atoms with Gasteiger partial charge >= 0.3 is 0 Å². The molecule has 0 aromatic heterocycles. The van der Waals surface area contributed by atoms with Crippen molar-refractivity contribution in [2.75, 3.05) is 5.32 Å². The third-order valence-corrected chi connectivity index (χ3v) is 3.52. The minimum Gasteiger partial charge on any atom is -0.377 e. The van der Waals surface area contributed by atoms with E-state index in [1.165, 1.54) is 0 Å². The van der Waals surface area contributed by atoms with Crippen LogP contribution in [0.15, 0.2) is 36.4 Å². The van der Waals surface area contributed by atoms with E-state index in [9.17, 15) is 4.39 Å². The molecule has 0 spiro atoms. The lowest BCUT2D eigenvalue weighted by Gasteiger charge is -2.17. The summed E-state index contributed by atoms with van der Waals surface area (Å²) in [4.78, 5) is 0. The normalized spacial score (nSPS) is 12.3. The van der Waals surface area contributed by atoms with Crippen molar-refractivity contribution in [2.24, 2.45) is 0 Å². The molecule has 0 fully saturated rings. The predicted molar refractivity (Wildman–Crippen MR) is 79.4 cm³/mol. The second kappa shape index (κ2) is 5.62. The van der Waals surface area contributed by atoms with Gasteiger partial charge in [-0.2, -0.15) is 0 Å². The van der Waals surface area contributed by atoms with Crippen LogP contribution in [0.25, 0.3) is 0 Å². The van der Waals surface area contributed by atoms with Crippen LogP contribution in [-0.2, 0) is 0 Å². The van der Waals surface area contributed by atoms with Gasteiger partial charge in [-0.25, -0.2) is 4.39 Å². The van der Waals surface area contributed by atoms with Crippen LogP contribution in [0.1, 0.15) is 29.7 Å². The Morgan fingerprint density at radius 2 is 1.84 bits per heavy atom. The van der Waals surface area contributed by atoms with Gasteiger partial charge in [0.25, 0.3) is 0 Å². The molecule has 2 aromatic carbocycles. The molecule has 3 heteroatoms. The number of aryl methyl sites for hydroxylation is 2. The van der Waals surface area contributed by atoms with Gasteiger partial charge in [-0.15, -0.1) is 0 Å². The van der Waals surface area contributed by atoms with E-state index in [1.54, 1.807) is 19.1 Å². The molecular formula is C16H17ClFN. The van der Waals surface area contributed by atoms with E-state index in [0.717, 1.165) is 16.8 Å². The Bertz CT molecular complexity index is 595. The number of benzene rings is 2. The summed E-state index contributed by atoms with van der Waals surface area (Å²) in [5.74, 6) is -0.179. The third kappa shape index (κ3) is 3.27. The molecule has 19 heavy (non-hydrogen) atoms. The van der Waals surface area contributed by atoms with E-state index in [4.69, 9.17) is 11.6 Å². The number of hydrogen-bond acceptors (Lipinski definition) is 1. The highest BCUT2D eigenvalue weighted by atomic mass is 35.5. The molecule has 100 valence electrons. The predicted octanol–water partition coefficient (Wildman–Crippen LogP) is 5.27. The summed E-state index contributed by atoms with van der Waals surface area (Å²) in [5, 5.41) is 3.99. The van der Waals surface area contributed by atoms with Crippen LogP contribution < -0.4 is 5.32 Å². The van der Waals surface area contributed by atoms with Gasteiger partial charge in [-0.1, -0.05) is 29.8 Å². The Kier molecular flexibility index (Phi) is 4.11. The smallest absolute Gasteiger partial charge is 0.126 e. The second-order valence-electron chi connectivity index (χ2n) is 4.86. The molecule has 0 radical (unpaired) electrons. The van der Waals surface area contributed by atoms with Gasteiger partial charge in [-0.3, -0.25) is 0 Å². The zero-order valence-electron chi connectivity index (χ0n) is 11.3. The van der Waals surface area contributed by atoms with E-state index in [1.807, 2.05) is 38.1 Å². The SMILES string of the molecule is Cc1ccc(Cl)c(NC(C)c2ccc(C)c(F)c2)c1. The topological polar surface area (TPSA) is 12.0 Å². The van der Waals surface area contributed by atoms with Crippen LogP contribution in [0.3, 0.4) is 0 Å². The number of rotatable bonds is 3. The maximum Gasteiger partial charge on any atom is 0.126 e. The Morgan fingerprint density at radius 3 is 2.53 bits per heavy atom. The van der Waals surface area contributed by atoms with Crippen LogP contribution in [0, 0.1) is 19.7 Å². The molecule has 0 saturated carbocycles. The van der Waals surface area contributed by atoms with E-state index >= 15 is 0 Å². The molecule has 1 N–H and O–H groups in total. The van der Waals surface area contributed by atoms with Crippen molar-refractivity contribution in [1.82, 2.24) is 0 Å². The highest BCUT2D eigenvalue weighted by molar-refractivity contribution is 6.33. The Hall–Kier alpha value is -1.54. The molecule has 1 atom stereocenters. The fraction of sp³-hybridized carbons (Fsp3) is 0.250. The van der Waals surface area contributed by atoms with Crippen LogP contribution in [0.2, 0.25) is 5.02 Å². The fourth-order valence-electron chi connectivity index (χ4n) is 1.94. The van der Waals surface area contributed by atoms with Crippen molar-refractivity contribution in [3.05, 3.63) is 63.9 Å². The third-order valence-electron chi connectivity index (χ3n) is 3.19. The van der Waals surface area contributed by atoms with Crippen LogP contribution in [0.4, 0.5) is 10.1 Å². The summed E-state index contributed by atoms with van der Waals surface area (Å²) in [5.41, 5.74) is 3.56. The van der Waals surface area contributed by atoms with Crippen molar-refractivity contribution in [2.45, 2.75) is 26.8 Å². The highest BCUT2D eigenvalue weighted by Gasteiger charge is 2.09. The lowest BCUT2D eigenvalue weighted by Crippen LogP contribution is -2.07. The Balaban J connectivity index is 2.22. The lowest BCUT2D eigenvalue weighted by molar-refractivity contribution is 0.614. The minimum atomic E-state index is -0.179.